The zero-order valence-electron chi connectivity index (χ0n) is 81.5. The quantitative estimate of drug-likeness (QED) is 0.0400. The van der Waals surface area contributed by atoms with E-state index < -0.39 is 16.1 Å². The molecule has 0 radical (unpaired) electrons. The average molecular weight is 1890 g/mol. The van der Waals surface area contributed by atoms with Gasteiger partial charge in [-0.05, 0) is 268 Å². The van der Waals surface area contributed by atoms with Crippen molar-refractivity contribution < 1.29 is 8.83 Å². The van der Waals surface area contributed by atoms with Crippen LogP contribution in [0.1, 0.15) is 101 Å². The van der Waals surface area contributed by atoms with Gasteiger partial charge in [-0.15, -0.1) is 0 Å². The molecule has 4 aromatic heterocycles. The highest BCUT2D eigenvalue weighted by Crippen LogP contribution is 2.59. The van der Waals surface area contributed by atoms with Crippen LogP contribution in [0.2, 0.25) is 0 Å². The predicted octanol–water partition coefficient (Wildman–Crippen LogP) is 31.3. The summed E-state index contributed by atoms with van der Waals surface area (Å²) in [6.45, 7) is 9.49. The van der Waals surface area contributed by atoms with Crippen molar-refractivity contribution >= 4 is 168 Å². The van der Waals surface area contributed by atoms with Crippen molar-refractivity contribution in [3.8, 4) is 56.3 Å². The molecule has 4 heterocycles. The molecule has 20 aromatic carbocycles. The fourth-order valence-corrected chi connectivity index (χ4v) is 35.6. The summed E-state index contributed by atoms with van der Waals surface area (Å²) < 4.78 is 18.5. The summed E-state index contributed by atoms with van der Waals surface area (Å²) in [5.41, 5.74) is 27.4. The Balaban J connectivity index is 0.686. The topological polar surface area (TPSA) is 42.6 Å². The molecule has 692 valence electrons. The van der Waals surface area contributed by atoms with Crippen LogP contribution >= 0.6 is 0 Å². The lowest BCUT2D eigenvalue weighted by molar-refractivity contribution is 0.436. The minimum atomic E-state index is -3.08. The second-order valence-corrected chi connectivity index (χ2v) is 47.3. The predicted molar refractivity (Wildman–Crippen MR) is 612 cm³/mol. The van der Waals surface area contributed by atoms with Gasteiger partial charge in [0.15, 0.2) is 16.1 Å². The number of benzene rings is 20. The monoisotopic (exact) mass is 1880 g/mol. The highest BCUT2D eigenvalue weighted by Gasteiger charge is 2.48. The van der Waals surface area contributed by atoms with Crippen LogP contribution in [0.25, 0.3) is 133 Å². The standard InChI is InChI=1S/C136H108N4O2Si2/c1-5-79-135(80-6-2)121-83-95(131-85-93-39-33-35-61-129(93)141-131)63-69-113(121)115-71-65-101(89-123(115)135)137(99-45-37-59-111(87-99)143(105-47-21-11-22-48-105,106-49-23-12-24-50-106)107-51-25-13-26-52-107)103-67-73-119-127(91-103)139(97-41-17-9-18-42-97)125-77-75-118-117(133(119)125)76-78-126-134(118)120-74-68-104(92-128(120)140(126)98-43-19-10-20-44-98)138(100-46-38-60-112(88-100)144(108-53-27-14-28-54-108,109-55-29-15-30-56-109)110-57-31-16-32-58-110)102-66-72-116-114-70-64-96(132-86-94-40-34-36-62-130(94)142-132)84-122(114)136(81-7-3,82-8-4)124(116)90-102/h9-78,83-92H,5-8,79-82H2,1-4H3. The van der Waals surface area contributed by atoms with Crippen molar-refractivity contribution in [1.82, 2.24) is 9.13 Å². The number of hydrogen-bond donors (Lipinski definition) is 0. The molecule has 0 fully saturated rings. The first-order valence-electron chi connectivity index (χ1n) is 51.5. The first kappa shape index (κ1) is 87.6. The van der Waals surface area contributed by atoms with E-state index >= 15 is 0 Å². The summed E-state index contributed by atoms with van der Waals surface area (Å²) in [5, 5.41) is 19.9. The van der Waals surface area contributed by atoms with Crippen LogP contribution in [-0.4, -0.2) is 25.3 Å². The maximum absolute atomic E-state index is 6.71. The summed E-state index contributed by atoms with van der Waals surface area (Å²) in [7, 11) is -6.16. The summed E-state index contributed by atoms with van der Waals surface area (Å²) >= 11 is 0. The number of fused-ring (bicyclic) bond motifs is 17. The fourth-order valence-electron chi connectivity index (χ4n) is 26.0. The van der Waals surface area contributed by atoms with Gasteiger partial charge in [0.2, 0.25) is 0 Å². The van der Waals surface area contributed by atoms with Crippen molar-refractivity contribution in [3.05, 3.63) is 508 Å². The maximum atomic E-state index is 6.71. The van der Waals surface area contributed by atoms with Gasteiger partial charge in [0, 0.05) is 99.8 Å². The van der Waals surface area contributed by atoms with Crippen molar-refractivity contribution in [2.45, 2.75) is 89.9 Å². The Labute approximate surface area is 843 Å². The molecule has 0 amide bonds. The summed E-state index contributed by atoms with van der Waals surface area (Å²) in [4.78, 5) is 5.19. The normalized spacial score (nSPS) is 13.1. The van der Waals surface area contributed by atoms with Gasteiger partial charge in [-0.3, -0.25) is 0 Å². The number of furan rings is 2. The number of hydrogen-bond acceptors (Lipinski definition) is 4. The second kappa shape index (κ2) is 35.9. The van der Waals surface area contributed by atoms with Crippen LogP contribution in [0.15, 0.2) is 494 Å². The second-order valence-electron chi connectivity index (χ2n) is 39.7. The van der Waals surface area contributed by atoms with E-state index in [2.05, 4.69) is 532 Å². The molecule has 0 saturated carbocycles. The Morgan fingerprint density at radius 3 is 0.833 bits per heavy atom. The SMILES string of the molecule is CCCC1(CCC)c2cc(-c3cc4ccccc4o3)ccc2-c2ccc(N(c3cccc([Si](c4ccccc4)(c4ccccc4)c4ccccc4)c3)c3ccc4c5c6ccc7c(c6ccc5n(-c5ccccc5)c4c3)c3ccc(N(c4cccc([Si](c5ccccc5)(c5ccccc5)c5ccccc5)c4)c4ccc5c(c4)C(CCC)(CCC)c4cc(-c6cc8ccccc8o6)ccc4-5)cc3n7-c3ccccc3)cc21. The Hall–Kier alpha value is -16.6. The molecular weight excluding hydrogens is 1780 g/mol. The fraction of sp³-hybridized carbons (Fsp3) is 0.103. The van der Waals surface area contributed by atoms with E-state index in [1.54, 1.807) is 0 Å². The summed E-state index contributed by atoms with van der Waals surface area (Å²) in [6, 6.07) is 185. The lowest BCUT2D eigenvalue weighted by Gasteiger charge is -2.36. The highest BCUT2D eigenvalue weighted by atomic mass is 28.3. The van der Waals surface area contributed by atoms with Crippen LogP contribution in [0.3, 0.4) is 0 Å². The smallest absolute Gasteiger partial charge is 0.179 e. The molecule has 0 bridgehead atoms. The van der Waals surface area contributed by atoms with E-state index in [0.717, 1.165) is 164 Å². The van der Waals surface area contributed by atoms with Crippen LogP contribution in [-0.2, 0) is 10.8 Å². The molecule has 8 heteroatoms. The molecule has 6 nitrogen and oxygen atoms in total. The lowest BCUT2D eigenvalue weighted by atomic mass is 9.71. The van der Waals surface area contributed by atoms with E-state index in [4.69, 9.17) is 8.83 Å². The number of anilines is 6. The van der Waals surface area contributed by atoms with Crippen LogP contribution < -0.4 is 51.3 Å². The van der Waals surface area contributed by atoms with Gasteiger partial charge >= 0.3 is 0 Å². The number of aromatic nitrogens is 2. The Kier molecular flexibility index (Phi) is 21.8. The molecule has 2 aliphatic rings. The van der Waals surface area contributed by atoms with E-state index in [-0.39, 0.29) is 10.8 Å². The van der Waals surface area contributed by atoms with E-state index in [1.165, 1.54) is 118 Å². The minimum Gasteiger partial charge on any atom is -0.456 e. The molecule has 0 aliphatic heterocycles. The third-order valence-corrected chi connectivity index (χ3v) is 41.4. The Bertz CT molecular complexity index is 8230. The van der Waals surface area contributed by atoms with Crippen LogP contribution in [0.5, 0.6) is 0 Å². The van der Waals surface area contributed by atoms with Gasteiger partial charge in [0.25, 0.3) is 0 Å². The van der Waals surface area contributed by atoms with Gasteiger partial charge < -0.3 is 27.8 Å². The molecule has 0 atom stereocenters. The number of para-hydroxylation sites is 4. The van der Waals surface area contributed by atoms with Gasteiger partial charge in [-0.1, -0.05) is 393 Å². The number of nitrogens with zero attached hydrogens (tertiary/aromatic N) is 4. The third-order valence-electron chi connectivity index (χ3n) is 31.8. The van der Waals surface area contributed by atoms with Crippen molar-refractivity contribution in [2.75, 3.05) is 9.80 Å². The van der Waals surface area contributed by atoms with Crippen molar-refractivity contribution in [2.24, 2.45) is 0 Å². The highest BCUT2D eigenvalue weighted by molar-refractivity contribution is 7.20. The van der Waals surface area contributed by atoms with Gasteiger partial charge in [-0.25, -0.2) is 0 Å². The molecule has 0 saturated heterocycles. The van der Waals surface area contributed by atoms with Crippen LogP contribution in [0.4, 0.5) is 34.1 Å². The summed E-state index contributed by atoms with van der Waals surface area (Å²) in [6.07, 6.45) is 8.06. The van der Waals surface area contributed by atoms with Crippen molar-refractivity contribution in [1.29, 1.82) is 0 Å². The third kappa shape index (κ3) is 13.9. The van der Waals surface area contributed by atoms with Crippen LogP contribution in [0, 0.1) is 0 Å². The lowest BCUT2D eigenvalue weighted by Crippen LogP contribution is -2.74. The van der Waals surface area contributed by atoms with Gasteiger partial charge in [0.05, 0.1) is 22.1 Å². The molecule has 2 aliphatic carbocycles. The first-order chi connectivity index (χ1) is 71.2. The van der Waals surface area contributed by atoms with Gasteiger partial charge in [-0.2, -0.15) is 0 Å². The molecule has 144 heavy (non-hydrogen) atoms. The average Bonchev–Trinajstić information content (AvgIpc) is 1.52. The molecule has 0 spiro atoms. The molecule has 0 N–H and O–H groups in total. The zero-order chi connectivity index (χ0) is 96.2. The van der Waals surface area contributed by atoms with E-state index in [1.807, 2.05) is 0 Å². The summed E-state index contributed by atoms with van der Waals surface area (Å²) in [5.74, 6) is 1.79. The number of rotatable bonds is 26. The Morgan fingerprint density at radius 2 is 0.500 bits per heavy atom. The zero-order valence-corrected chi connectivity index (χ0v) is 83.5. The van der Waals surface area contributed by atoms with E-state index in [0.29, 0.717) is 0 Å². The minimum absolute atomic E-state index is 0.281. The molecule has 24 aromatic rings. The largest absolute Gasteiger partial charge is 0.456 e. The molecular formula is C136H108N4O2Si2. The molecule has 0 unspecified atom stereocenters. The molecule has 26 rings (SSSR count). The maximum Gasteiger partial charge on any atom is 0.179 e. The van der Waals surface area contributed by atoms with Crippen molar-refractivity contribution in [3.63, 3.8) is 0 Å². The Morgan fingerprint density at radius 1 is 0.222 bits per heavy atom. The first-order valence-corrected chi connectivity index (χ1v) is 55.5. The van der Waals surface area contributed by atoms with Gasteiger partial charge in [0.1, 0.15) is 22.7 Å². The van der Waals surface area contributed by atoms with E-state index in [9.17, 15) is 0 Å².